The summed E-state index contributed by atoms with van der Waals surface area (Å²) < 4.78 is 6.90. The lowest BCUT2D eigenvalue weighted by Gasteiger charge is -2.48. The molecule has 2 rings (SSSR count). The van der Waals surface area contributed by atoms with E-state index in [1.807, 2.05) is 18.2 Å². The number of benzene rings is 1. The van der Waals surface area contributed by atoms with Crippen molar-refractivity contribution in [1.82, 2.24) is 0 Å². The first-order valence-corrected chi connectivity index (χ1v) is 7.65. The van der Waals surface area contributed by atoms with Crippen LogP contribution in [0.4, 0.5) is 5.69 Å². The zero-order valence-corrected chi connectivity index (χ0v) is 14.4. The molecule has 6 heteroatoms. The molecule has 3 N–H and O–H groups in total. The van der Waals surface area contributed by atoms with Crippen LogP contribution in [-0.2, 0) is 4.74 Å². The molecule has 21 heavy (non-hydrogen) atoms. The quantitative estimate of drug-likeness (QED) is 0.370. The minimum absolute atomic E-state index is 0.0936. The van der Waals surface area contributed by atoms with E-state index in [4.69, 9.17) is 15.7 Å². The first-order valence-electron chi connectivity index (χ1n) is 6.86. The van der Waals surface area contributed by atoms with E-state index in [9.17, 15) is 0 Å². The Bertz CT molecular complexity index is 554. The van der Waals surface area contributed by atoms with Crippen molar-refractivity contribution in [2.24, 2.45) is 10.9 Å². The van der Waals surface area contributed by atoms with Gasteiger partial charge in [0.05, 0.1) is 11.2 Å². The molecule has 1 aliphatic heterocycles. The van der Waals surface area contributed by atoms with Gasteiger partial charge in [-0.3, -0.25) is 0 Å². The van der Waals surface area contributed by atoms with Gasteiger partial charge in [-0.25, -0.2) is 0 Å². The average Bonchev–Trinajstić information content (AvgIpc) is 2.34. The highest BCUT2D eigenvalue weighted by Gasteiger charge is 2.38. The first-order chi connectivity index (χ1) is 9.63. The molecule has 0 spiro atoms. The summed E-state index contributed by atoms with van der Waals surface area (Å²) in [5, 5.41) is 11.8. The topological polar surface area (TPSA) is 71.1 Å². The molecule has 0 saturated carbocycles. The third-order valence-corrected chi connectivity index (χ3v) is 4.05. The van der Waals surface area contributed by atoms with Gasteiger partial charge in [-0.15, -0.1) is 0 Å². The largest absolute Gasteiger partial charge is 0.409 e. The molecule has 1 fully saturated rings. The van der Waals surface area contributed by atoms with Crippen molar-refractivity contribution in [2.75, 3.05) is 18.0 Å². The average molecular weight is 356 g/mol. The molecular formula is C15H22BrN3O2. The monoisotopic (exact) mass is 355 g/mol. The third-order valence-electron chi connectivity index (χ3n) is 3.40. The molecule has 5 nitrogen and oxygen atoms in total. The van der Waals surface area contributed by atoms with E-state index >= 15 is 0 Å². The number of hydrogen-bond donors (Lipinski definition) is 2. The van der Waals surface area contributed by atoms with Gasteiger partial charge in [0.15, 0.2) is 5.84 Å². The molecule has 0 aromatic heterocycles. The molecular weight excluding hydrogens is 334 g/mol. The van der Waals surface area contributed by atoms with Gasteiger partial charge < -0.3 is 20.6 Å². The second-order valence-corrected chi connectivity index (χ2v) is 7.48. The molecule has 0 radical (unpaired) electrons. The summed E-state index contributed by atoms with van der Waals surface area (Å²) in [6.07, 6.45) is 0. The Kier molecular flexibility index (Phi) is 4.22. The predicted molar refractivity (Wildman–Crippen MR) is 88.1 cm³/mol. The van der Waals surface area contributed by atoms with Crippen molar-refractivity contribution in [2.45, 2.75) is 38.9 Å². The van der Waals surface area contributed by atoms with Gasteiger partial charge in [-0.2, -0.15) is 0 Å². The lowest BCUT2D eigenvalue weighted by atomic mass is 9.98. The van der Waals surface area contributed by atoms with Gasteiger partial charge in [0.25, 0.3) is 0 Å². The lowest BCUT2D eigenvalue weighted by Crippen LogP contribution is -2.57. The van der Waals surface area contributed by atoms with Crippen LogP contribution in [0.15, 0.2) is 27.8 Å². The Morgan fingerprint density at radius 2 is 1.86 bits per heavy atom. The Hall–Kier alpha value is -1.27. The normalized spacial score (nSPS) is 21.4. The maximum Gasteiger partial charge on any atom is 0.171 e. The Labute approximate surface area is 133 Å². The van der Waals surface area contributed by atoms with Gasteiger partial charge in [0, 0.05) is 28.8 Å². The Morgan fingerprint density at radius 3 is 2.33 bits per heavy atom. The highest BCUT2D eigenvalue weighted by atomic mass is 79.9. The van der Waals surface area contributed by atoms with Gasteiger partial charge in [-0.1, -0.05) is 5.16 Å². The zero-order valence-electron chi connectivity index (χ0n) is 12.9. The van der Waals surface area contributed by atoms with Crippen molar-refractivity contribution in [3.8, 4) is 0 Å². The number of nitrogens with two attached hydrogens (primary N) is 1. The van der Waals surface area contributed by atoms with E-state index in [0.717, 1.165) is 23.2 Å². The van der Waals surface area contributed by atoms with Crippen LogP contribution >= 0.6 is 15.9 Å². The van der Waals surface area contributed by atoms with E-state index in [1.165, 1.54) is 0 Å². The number of anilines is 1. The van der Waals surface area contributed by atoms with Crippen molar-refractivity contribution in [3.05, 3.63) is 28.2 Å². The molecule has 0 bridgehead atoms. The number of hydrogen-bond acceptors (Lipinski definition) is 4. The number of oxime groups is 1. The summed E-state index contributed by atoms with van der Waals surface area (Å²) in [5.41, 5.74) is 6.98. The molecule has 0 unspecified atom stereocenters. The summed E-state index contributed by atoms with van der Waals surface area (Å²) in [4.78, 5) is 2.30. The minimum Gasteiger partial charge on any atom is -0.409 e. The summed E-state index contributed by atoms with van der Waals surface area (Å²) in [6, 6.07) is 5.82. The second-order valence-electron chi connectivity index (χ2n) is 6.63. The van der Waals surface area contributed by atoms with E-state index in [0.29, 0.717) is 5.56 Å². The summed E-state index contributed by atoms with van der Waals surface area (Å²) in [5.74, 6) is 0.0936. The van der Waals surface area contributed by atoms with Crippen molar-refractivity contribution < 1.29 is 9.94 Å². The molecule has 1 saturated heterocycles. The number of halogens is 1. The first kappa shape index (κ1) is 16.1. The van der Waals surface area contributed by atoms with Crippen molar-refractivity contribution in [1.29, 1.82) is 0 Å². The SMILES string of the molecule is CC1(C)CN(c2ccc(/C(N)=N/O)c(Br)c2)CC(C)(C)O1. The van der Waals surface area contributed by atoms with E-state index in [2.05, 4.69) is 53.7 Å². The fraction of sp³-hybridized carbons (Fsp3) is 0.533. The third kappa shape index (κ3) is 3.68. The van der Waals surface area contributed by atoms with Gasteiger partial charge >= 0.3 is 0 Å². The molecule has 1 heterocycles. The molecule has 1 aromatic carbocycles. The zero-order chi connectivity index (χ0) is 15.8. The fourth-order valence-electron chi connectivity index (χ4n) is 2.93. The van der Waals surface area contributed by atoms with Crippen LogP contribution in [0, 0.1) is 0 Å². The molecule has 1 aromatic rings. The van der Waals surface area contributed by atoms with Crippen LogP contribution in [0.2, 0.25) is 0 Å². The second kappa shape index (κ2) is 5.50. The fourth-order valence-corrected chi connectivity index (χ4v) is 3.50. The van der Waals surface area contributed by atoms with Crippen molar-refractivity contribution in [3.63, 3.8) is 0 Å². The number of nitrogens with zero attached hydrogens (tertiary/aromatic N) is 2. The van der Waals surface area contributed by atoms with Crippen LogP contribution in [-0.4, -0.2) is 35.3 Å². The predicted octanol–water partition coefficient (Wildman–Crippen LogP) is 2.94. The maximum atomic E-state index is 8.78. The van der Waals surface area contributed by atoms with Gasteiger partial charge in [0.1, 0.15) is 0 Å². The van der Waals surface area contributed by atoms with Crippen LogP contribution in [0.25, 0.3) is 0 Å². The maximum absolute atomic E-state index is 8.78. The summed E-state index contributed by atoms with van der Waals surface area (Å²) in [7, 11) is 0. The highest BCUT2D eigenvalue weighted by Crippen LogP contribution is 2.33. The lowest BCUT2D eigenvalue weighted by molar-refractivity contribution is -0.133. The van der Waals surface area contributed by atoms with Crippen LogP contribution < -0.4 is 10.6 Å². The van der Waals surface area contributed by atoms with E-state index in [-0.39, 0.29) is 17.0 Å². The number of morpholine rings is 1. The number of rotatable bonds is 2. The smallest absolute Gasteiger partial charge is 0.171 e. The van der Waals surface area contributed by atoms with Crippen LogP contribution in [0.1, 0.15) is 33.3 Å². The standard InChI is InChI=1S/C15H22BrN3O2/c1-14(2)8-19(9-15(3,4)21-14)10-5-6-11(12(16)7-10)13(17)18-20/h5-7,20H,8-9H2,1-4H3,(H2,17,18). The Morgan fingerprint density at radius 1 is 1.29 bits per heavy atom. The summed E-state index contributed by atoms with van der Waals surface area (Å²) >= 11 is 3.48. The molecule has 0 atom stereocenters. The minimum atomic E-state index is -0.210. The number of amidine groups is 1. The number of ether oxygens (including phenoxy) is 1. The molecule has 1 aliphatic rings. The molecule has 116 valence electrons. The van der Waals surface area contributed by atoms with E-state index < -0.39 is 0 Å². The van der Waals surface area contributed by atoms with Gasteiger partial charge in [-0.05, 0) is 61.8 Å². The molecule has 0 amide bonds. The van der Waals surface area contributed by atoms with Crippen LogP contribution in [0.5, 0.6) is 0 Å². The Balaban J connectivity index is 2.32. The van der Waals surface area contributed by atoms with Crippen LogP contribution in [0.3, 0.4) is 0 Å². The van der Waals surface area contributed by atoms with Gasteiger partial charge in [0.2, 0.25) is 0 Å². The molecule has 0 aliphatic carbocycles. The van der Waals surface area contributed by atoms with E-state index in [1.54, 1.807) is 0 Å². The summed E-state index contributed by atoms with van der Waals surface area (Å²) in [6.45, 7) is 10.0. The highest BCUT2D eigenvalue weighted by molar-refractivity contribution is 9.10. The van der Waals surface area contributed by atoms with Crippen molar-refractivity contribution >= 4 is 27.5 Å².